The molecule has 2 aromatic carbocycles. The molecule has 0 atom stereocenters. The Kier molecular flexibility index (Phi) is 3.65. The third-order valence-corrected chi connectivity index (χ3v) is 4.84. The molecule has 0 aliphatic carbocycles. The molecule has 106 valence electrons. The summed E-state index contributed by atoms with van der Waals surface area (Å²) in [5, 5.41) is 0.881. The summed E-state index contributed by atoms with van der Waals surface area (Å²) in [6.07, 6.45) is 1.64. The number of halogens is 1. The molecule has 6 heteroatoms. The number of para-hydroxylation sites is 1. The smallest absolute Gasteiger partial charge is 0.262 e. The van der Waals surface area contributed by atoms with Gasteiger partial charge in [-0.1, -0.05) is 40.2 Å². The number of nitrogens with zero attached hydrogens (tertiary/aromatic N) is 1. The quantitative estimate of drug-likeness (QED) is 0.770. The molecule has 0 bridgehead atoms. The van der Waals surface area contributed by atoms with E-state index in [1.54, 1.807) is 42.6 Å². The molecule has 0 saturated heterocycles. The average Bonchev–Trinajstić information content (AvgIpc) is 2.47. The van der Waals surface area contributed by atoms with E-state index in [1.807, 2.05) is 18.2 Å². The lowest BCUT2D eigenvalue weighted by atomic mass is 10.2. The Balaban J connectivity index is 2.06. The van der Waals surface area contributed by atoms with E-state index in [0.29, 0.717) is 15.7 Å². The third kappa shape index (κ3) is 2.91. The van der Waals surface area contributed by atoms with Crippen LogP contribution >= 0.6 is 15.9 Å². The van der Waals surface area contributed by atoms with Gasteiger partial charge in [-0.05, 0) is 30.3 Å². The van der Waals surface area contributed by atoms with Gasteiger partial charge in [-0.25, -0.2) is 8.42 Å². The van der Waals surface area contributed by atoms with Crippen LogP contribution in [-0.2, 0) is 10.0 Å². The van der Waals surface area contributed by atoms with Gasteiger partial charge in [-0.15, -0.1) is 0 Å². The van der Waals surface area contributed by atoms with Crippen molar-refractivity contribution in [2.45, 2.75) is 4.90 Å². The van der Waals surface area contributed by atoms with Crippen molar-refractivity contribution < 1.29 is 8.42 Å². The Morgan fingerprint density at radius 2 is 1.76 bits per heavy atom. The van der Waals surface area contributed by atoms with Crippen LogP contribution in [0.4, 0.5) is 5.69 Å². The Morgan fingerprint density at radius 3 is 2.57 bits per heavy atom. The number of nitrogens with one attached hydrogen (secondary N) is 1. The molecule has 0 aliphatic rings. The molecule has 3 aromatic rings. The second-order valence-electron chi connectivity index (χ2n) is 4.44. The van der Waals surface area contributed by atoms with E-state index >= 15 is 0 Å². The summed E-state index contributed by atoms with van der Waals surface area (Å²) in [6, 6.07) is 15.6. The van der Waals surface area contributed by atoms with Gasteiger partial charge in [0.05, 0.1) is 16.1 Å². The predicted molar refractivity (Wildman–Crippen MR) is 86.7 cm³/mol. The molecule has 0 aliphatic heterocycles. The number of pyridine rings is 1. The van der Waals surface area contributed by atoms with Crippen LogP contribution in [0.5, 0.6) is 0 Å². The van der Waals surface area contributed by atoms with Crippen molar-refractivity contribution >= 4 is 42.5 Å². The van der Waals surface area contributed by atoms with Crippen LogP contribution in [0.3, 0.4) is 0 Å². The number of sulfonamides is 1. The largest absolute Gasteiger partial charge is 0.277 e. The van der Waals surface area contributed by atoms with Crippen molar-refractivity contribution in [1.82, 2.24) is 4.98 Å². The normalized spacial score (nSPS) is 11.5. The van der Waals surface area contributed by atoms with Gasteiger partial charge in [-0.3, -0.25) is 9.71 Å². The van der Waals surface area contributed by atoms with Gasteiger partial charge in [0, 0.05) is 16.1 Å². The van der Waals surface area contributed by atoms with Crippen LogP contribution in [0, 0.1) is 0 Å². The lowest BCUT2D eigenvalue weighted by Crippen LogP contribution is -2.13. The summed E-state index contributed by atoms with van der Waals surface area (Å²) < 4.78 is 28.2. The number of fused-ring (bicyclic) bond motifs is 1. The zero-order valence-corrected chi connectivity index (χ0v) is 13.2. The molecule has 4 nitrogen and oxygen atoms in total. The first-order chi connectivity index (χ1) is 10.1. The molecule has 0 unspecified atom stereocenters. The van der Waals surface area contributed by atoms with Gasteiger partial charge in [0.25, 0.3) is 10.0 Å². The van der Waals surface area contributed by atoms with Gasteiger partial charge < -0.3 is 0 Å². The van der Waals surface area contributed by atoms with Crippen molar-refractivity contribution in [2.24, 2.45) is 0 Å². The Morgan fingerprint density at radius 1 is 1.00 bits per heavy atom. The highest BCUT2D eigenvalue weighted by Gasteiger charge is 2.16. The van der Waals surface area contributed by atoms with Crippen LogP contribution in [0.15, 0.2) is 70.2 Å². The third-order valence-electron chi connectivity index (χ3n) is 2.98. The Bertz CT molecular complexity index is 905. The number of hydrogen-bond donors (Lipinski definition) is 1. The second-order valence-corrected chi connectivity index (χ2v) is 7.04. The lowest BCUT2D eigenvalue weighted by Gasteiger charge is -2.10. The van der Waals surface area contributed by atoms with E-state index in [1.165, 1.54) is 0 Å². The number of anilines is 1. The zero-order chi connectivity index (χ0) is 14.9. The van der Waals surface area contributed by atoms with E-state index in [2.05, 4.69) is 25.6 Å². The monoisotopic (exact) mass is 362 g/mol. The highest BCUT2D eigenvalue weighted by molar-refractivity contribution is 9.10. The molecule has 1 aromatic heterocycles. The van der Waals surface area contributed by atoms with Crippen molar-refractivity contribution in [3.63, 3.8) is 0 Å². The number of aromatic nitrogens is 1. The molecular weight excluding hydrogens is 352 g/mol. The minimum absolute atomic E-state index is 0.199. The molecule has 1 N–H and O–H groups in total. The molecular formula is C15H11BrN2O2S. The maximum Gasteiger partial charge on any atom is 0.262 e. The zero-order valence-electron chi connectivity index (χ0n) is 10.8. The Labute approximate surface area is 131 Å². The molecule has 0 saturated carbocycles. The topological polar surface area (TPSA) is 59.1 Å². The number of hydrogen-bond acceptors (Lipinski definition) is 3. The van der Waals surface area contributed by atoms with Gasteiger partial charge in [0.15, 0.2) is 0 Å². The molecule has 0 radical (unpaired) electrons. The fourth-order valence-corrected chi connectivity index (χ4v) is 3.69. The summed E-state index contributed by atoms with van der Waals surface area (Å²) in [5.41, 5.74) is 1.09. The van der Waals surface area contributed by atoms with Gasteiger partial charge in [0.1, 0.15) is 0 Å². The van der Waals surface area contributed by atoms with Gasteiger partial charge in [-0.2, -0.15) is 0 Å². The van der Waals surface area contributed by atoms with E-state index in [4.69, 9.17) is 0 Å². The maximum atomic E-state index is 12.4. The Hall–Kier alpha value is -1.92. The standard InChI is InChI=1S/C15H11BrN2O2S/c16-12-6-2-7-13(10-12)21(19,20)18-14-8-1-4-11-5-3-9-17-15(11)14/h1-10,18H. The summed E-state index contributed by atoms with van der Waals surface area (Å²) in [7, 11) is -3.65. The SMILES string of the molecule is O=S(=O)(Nc1cccc2cccnc12)c1cccc(Br)c1. The fourth-order valence-electron chi connectivity index (χ4n) is 2.02. The van der Waals surface area contributed by atoms with Crippen molar-refractivity contribution in [2.75, 3.05) is 4.72 Å². The van der Waals surface area contributed by atoms with Crippen LogP contribution in [0.25, 0.3) is 10.9 Å². The summed E-state index contributed by atoms with van der Waals surface area (Å²) >= 11 is 3.28. The van der Waals surface area contributed by atoms with Gasteiger partial charge in [0.2, 0.25) is 0 Å². The van der Waals surface area contributed by atoms with E-state index in [9.17, 15) is 8.42 Å². The number of rotatable bonds is 3. The predicted octanol–water partition coefficient (Wildman–Crippen LogP) is 3.80. The first-order valence-electron chi connectivity index (χ1n) is 6.18. The molecule has 0 amide bonds. The summed E-state index contributed by atoms with van der Waals surface area (Å²) in [6.45, 7) is 0. The minimum Gasteiger partial charge on any atom is -0.277 e. The van der Waals surface area contributed by atoms with Crippen LogP contribution < -0.4 is 4.72 Å². The molecule has 1 heterocycles. The minimum atomic E-state index is -3.65. The first-order valence-corrected chi connectivity index (χ1v) is 8.46. The highest BCUT2D eigenvalue weighted by Crippen LogP contribution is 2.24. The number of benzene rings is 2. The van der Waals surface area contributed by atoms with Crippen molar-refractivity contribution in [3.8, 4) is 0 Å². The molecule has 0 fully saturated rings. The summed E-state index contributed by atoms with van der Waals surface area (Å²) in [4.78, 5) is 4.44. The first kappa shape index (κ1) is 14.0. The van der Waals surface area contributed by atoms with Crippen LogP contribution in [0.2, 0.25) is 0 Å². The van der Waals surface area contributed by atoms with Gasteiger partial charge >= 0.3 is 0 Å². The fraction of sp³-hybridized carbons (Fsp3) is 0. The summed E-state index contributed by atoms with van der Waals surface area (Å²) in [5.74, 6) is 0. The molecule has 3 rings (SSSR count). The van der Waals surface area contributed by atoms with E-state index in [-0.39, 0.29) is 4.90 Å². The molecule has 0 spiro atoms. The van der Waals surface area contributed by atoms with Crippen LogP contribution in [0.1, 0.15) is 0 Å². The van der Waals surface area contributed by atoms with Crippen LogP contribution in [-0.4, -0.2) is 13.4 Å². The average molecular weight is 363 g/mol. The van der Waals surface area contributed by atoms with Crippen molar-refractivity contribution in [3.05, 3.63) is 65.3 Å². The highest BCUT2D eigenvalue weighted by atomic mass is 79.9. The maximum absolute atomic E-state index is 12.4. The lowest BCUT2D eigenvalue weighted by molar-refractivity contribution is 0.601. The second kappa shape index (κ2) is 5.46. The molecule has 21 heavy (non-hydrogen) atoms. The van der Waals surface area contributed by atoms with E-state index < -0.39 is 10.0 Å². The van der Waals surface area contributed by atoms with Crippen molar-refractivity contribution in [1.29, 1.82) is 0 Å². The van der Waals surface area contributed by atoms with E-state index in [0.717, 1.165) is 5.39 Å².